The normalized spacial score (nSPS) is 17.7. The first kappa shape index (κ1) is 21.0. The van der Waals surface area contributed by atoms with Gasteiger partial charge in [0.25, 0.3) is 0 Å². The predicted molar refractivity (Wildman–Crippen MR) is 128 cm³/mol. The fourth-order valence-electron chi connectivity index (χ4n) is 3.70. The van der Waals surface area contributed by atoms with E-state index in [4.69, 9.17) is 0 Å². The van der Waals surface area contributed by atoms with Crippen LogP contribution in [0.1, 0.15) is 62.8 Å². The molecule has 0 aromatic heterocycles. The van der Waals surface area contributed by atoms with Gasteiger partial charge in [-0.3, -0.25) is 9.98 Å². The van der Waals surface area contributed by atoms with E-state index in [1.807, 2.05) is 14.1 Å². The van der Waals surface area contributed by atoms with Gasteiger partial charge in [0, 0.05) is 25.2 Å². The van der Waals surface area contributed by atoms with Crippen LogP contribution in [-0.4, -0.2) is 25.5 Å². The summed E-state index contributed by atoms with van der Waals surface area (Å²) < 4.78 is 0. The van der Waals surface area contributed by atoms with E-state index >= 15 is 0 Å². The number of benzene rings is 2. The lowest BCUT2D eigenvalue weighted by Gasteiger charge is -2.22. The molecule has 3 rings (SSSR count). The molecule has 0 spiro atoms. The van der Waals surface area contributed by atoms with E-state index in [9.17, 15) is 0 Å². The van der Waals surface area contributed by atoms with Crippen LogP contribution in [0.3, 0.4) is 0 Å². The van der Waals surface area contributed by atoms with Gasteiger partial charge in [0.15, 0.2) is 0 Å². The first-order valence-corrected chi connectivity index (χ1v) is 10.3. The molecule has 1 aliphatic rings. The summed E-state index contributed by atoms with van der Waals surface area (Å²) in [7, 11) is 3.70. The standard InChI is InChI=1S/C27H32N2/c1-18(2)19-8-10-20(11-9-19)23-16-17-24(26(29-7)25(23)28-6)21-12-14-22(15-13-21)27(3,4)5/h8-18H,1-7H3/b28-25-,29-26-. The highest BCUT2D eigenvalue weighted by molar-refractivity contribution is 6.69. The molecule has 0 saturated carbocycles. The summed E-state index contributed by atoms with van der Waals surface area (Å²) in [5.41, 5.74) is 9.31. The van der Waals surface area contributed by atoms with Gasteiger partial charge < -0.3 is 0 Å². The Morgan fingerprint density at radius 1 is 0.655 bits per heavy atom. The van der Waals surface area contributed by atoms with Crippen molar-refractivity contribution in [1.82, 2.24) is 0 Å². The van der Waals surface area contributed by atoms with Gasteiger partial charge >= 0.3 is 0 Å². The Bertz CT molecular complexity index is 990. The van der Waals surface area contributed by atoms with Crippen LogP contribution in [0.5, 0.6) is 0 Å². The van der Waals surface area contributed by atoms with Gasteiger partial charge in [0.05, 0.1) is 11.4 Å². The molecule has 2 aromatic carbocycles. The molecule has 0 heterocycles. The van der Waals surface area contributed by atoms with Crippen LogP contribution < -0.4 is 0 Å². The molecule has 0 N–H and O–H groups in total. The summed E-state index contributed by atoms with van der Waals surface area (Å²) in [6.07, 6.45) is 4.35. The zero-order chi connectivity index (χ0) is 21.2. The summed E-state index contributed by atoms with van der Waals surface area (Å²) in [5, 5.41) is 0. The molecule has 1 aliphatic carbocycles. The van der Waals surface area contributed by atoms with Crippen LogP contribution >= 0.6 is 0 Å². The lowest BCUT2D eigenvalue weighted by Crippen LogP contribution is -2.21. The SMILES string of the molecule is C/N=C1/C(c2ccc(C(C)C)cc2)=CC=C(c2ccc(C(C)(C)C)cc2)/C1=N/C. The Morgan fingerprint density at radius 2 is 1.07 bits per heavy atom. The molecule has 0 saturated heterocycles. The maximum absolute atomic E-state index is 4.63. The number of allylic oxidation sites excluding steroid dienone is 4. The van der Waals surface area contributed by atoms with Crippen molar-refractivity contribution in [3.63, 3.8) is 0 Å². The van der Waals surface area contributed by atoms with Crippen molar-refractivity contribution in [1.29, 1.82) is 0 Å². The molecule has 2 heteroatoms. The Morgan fingerprint density at radius 3 is 1.41 bits per heavy atom. The second-order valence-electron chi connectivity index (χ2n) is 8.91. The zero-order valence-electron chi connectivity index (χ0n) is 18.7. The molecule has 150 valence electrons. The molecule has 0 amide bonds. The average molecular weight is 385 g/mol. The quantitative estimate of drug-likeness (QED) is 0.524. The Hall–Kier alpha value is -2.74. The van der Waals surface area contributed by atoms with Gasteiger partial charge in [0.2, 0.25) is 0 Å². The predicted octanol–water partition coefficient (Wildman–Crippen LogP) is 6.73. The van der Waals surface area contributed by atoms with E-state index in [0.29, 0.717) is 5.92 Å². The molecule has 0 fully saturated rings. The lowest BCUT2D eigenvalue weighted by atomic mass is 9.83. The van der Waals surface area contributed by atoms with Crippen molar-refractivity contribution < 1.29 is 0 Å². The summed E-state index contributed by atoms with van der Waals surface area (Å²) in [6, 6.07) is 17.6. The summed E-state index contributed by atoms with van der Waals surface area (Å²) >= 11 is 0. The summed E-state index contributed by atoms with van der Waals surface area (Å²) in [6.45, 7) is 11.2. The minimum absolute atomic E-state index is 0.145. The van der Waals surface area contributed by atoms with Crippen molar-refractivity contribution in [3.05, 3.63) is 82.9 Å². The number of nitrogens with zero attached hydrogens (tertiary/aromatic N) is 2. The lowest BCUT2D eigenvalue weighted by molar-refractivity contribution is 0.590. The Balaban J connectivity index is 2.04. The Labute approximate surface area is 175 Å². The van der Waals surface area contributed by atoms with Crippen molar-refractivity contribution in [2.24, 2.45) is 9.98 Å². The van der Waals surface area contributed by atoms with E-state index in [0.717, 1.165) is 22.6 Å². The van der Waals surface area contributed by atoms with Gasteiger partial charge in [-0.15, -0.1) is 0 Å². The van der Waals surface area contributed by atoms with Crippen molar-refractivity contribution in [2.45, 2.75) is 46.0 Å². The van der Waals surface area contributed by atoms with Crippen LogP contribution in [0.15, 0.2) is 70.7 Å². The third-order valence-corrected chi connectivity index (χ3v) is 5.55. The molecule has 0 atom stereocenters. The van der Waals surface area contributed by atoms with Crippen LogP contribution in [0.25, 0.3) is 11.1 Å². The monoisotopic (exact) mass is 384 g/mol. The maximum Gasteiger partial charge on any atom is 0.0907 e. The molecule has 0 bridgehead atoms. The van der Waals surface area contributed by atoms with Crippen LogP contribution in [0.4, 0.5) is 0 Å². The molecule has 0 radical (unpaired) electrons. The van der Waals surface area contributed by atoms with Gasteiger partial charge in [-0.25, -0.2) is 0 Å². The van der Waals surface area contributed by atoms with E-state index in [1.54, 1.807) is 0 Å². The first-order chi connectivity index (χ1) is 13.8. The molecule has 2 nitrogen and oxygen atoms in total. The average Bonchev–Trinajstić information content (AvgIpc) is 2.72. The molecule has 0 unspecified atom stereocenters. The second-order valence-corrected chi connectivity index (χ2v) is 8.91. The van der Waals surface area contributed by atoms with Crippen molar-refractivity contribution in [3.8, 4) is 0 Å². The van der Waals surface area contributed by atoms with Crippen LogP contribution in [-0.2, 0) is 5.41 Å². The zero-order valence-corrected chi connectivity index (χ0v) is 18.7. The van der Waals surface area contributed by atoms with E-state index < -0.39 is 0 Å². The fourth-order valence-corrected chi connectivity index (χ4v) is 3.70. The topological polar surface area (TPSA) is 24.7 Å². The van der Waals surface area contributed by atoms with Crippen LogP contribution in [0, 0.1) is 0 Å². The van der Waals surface area contributed by atoms with E-state index in [2.05, 4.69) is 105 Å². The third-order valence-electron chi connectivity index (χ3n) is 5.55. The summed E-state index contributed by atoms with van der Waals surface area (Å²) in [4.78, 5) is 9.25. The van der Waals surface area contributed by atoms with E-state index in [-0.39, 0.29) is 5.41 Å². The van der Waals surface area contributed by atoms with E-state index in [1.165, 1.54) is 22.3 Å². The molecular weight excluding hydrogens is 352 g/mol. The van der Waals surface area contributed by atoms with Gasteiger partial charge in [-0.1, -0.05) is 95.3 Å². The first-order valence-electron chi connectivity index (χ1n) is 10.3. The smallest absolute Gasteiger partial charge is 0.0907 e. The van der Waals surface area contributed by atoms with Gasteiger partial charge in [-0.05, 0) is 33.6 Å². The largest absolute Gasteiger partial charge is 0.286 e. The number of hydrogen-bond donors (Lipinski definition) is 0. The van der Waals surface area contributed by atoms with Crippen LogP contribution in [0.2, 0.25) is 0 Å². The minimum Gasteiger partial charge on any atom is -0.286 e. The molecular formula is C27H32N2. The number of aliphatic imine (C=N–C) groups is 2. The highest BCUT2D eigenvalue weighted by Crippen LogP contribution is 2.31. The molecule has 0 aliphatic heterocycles. The summed E-state index contributed by atoms with van der Waals surface area (Å²) in [5.74, 6) is 0.527. The van der Waals surface area contributed by atoms with Gasteiger partial charge in [0.1, 0.15) is 0 Å². The number of hydrogen-bond acceptors (Lipinski definition) is 2. The minimum atomic E-state index is 0.145. The fraction of sp³-hybridized carbons (Fsp3) is 0.333. The number of rotatable bonds is 3. The van der Waals surface area contributed by atoms with Gasteiger partial charge in [-0.2, -0.15) is 0 Å². The molecule has 29 heavy (non-hydrogen) atoms. The molecule has 2 aromatic rings. The third kappa shape index (κ3) is 4.32. The maximum atomic E-state index is 4.63. The van der Waals surface area contributed by atoms with Crippen molar-refractivity contribution >= 4 is 22.6 Å². The highest BCUT2D eigenvalue weighted by Gasteiger charge is 2.23. The van der Waals surface area contributed by atoms with Crippen molar-refractivity contribution in [2.75, 3.05) is 14.1 Å². The highest BCUT2D eigenvalue weighted by atomic mass is 14.8. The second kappa shape index (κ2) is 8.32. The Kier molecular flexibility index (Phi) is 6.02.